The molecule has 20 heavy (non-hydrogen) atoms. The molecule has 2 nitrogen and oxygen atoms in total. The van der Waals surface area contributed by atoms with Crippen LogP contribution >= 0.6 is 15.9 Å². The van der Waals surface area contributed by atoms with Gasteiger partial charge in [0.2, 0.25) is 0 Å². The van der Waals surface area contributed by atoms with E-state index in [-0.39, 0.29) is 5.41 Å². The fourth-order valence-electron chi connectivity index (χ4n) is 2.00. The van der Waals surface area contributed by atoms with Gasteiger partial charge in [-0.05, 0) is 29.7 Å². The number of hydrogen-bond donors (Lipinski definition) is 0. The Kier molecular flexibility index (Phi) is 4.29. The van der Waals surface area contributed by atoms with E-state index < -0.39 is 0 Å². The van der Waals surface area contributed by atoms with Crippen LogP contribution in [-0.4, -0.2) is 6.29 Å². The molecule has 0 saturated carbocycles. The van der Waals surface area contributed by atoms with E-state index in [0.29, 0.717) is 11.3 Å². The van der Waals surface area contributed by atoms with Gasteiger partial charge in [0, 0.05) is 10.0 Å². The molecule has 0 radical (unpaired) electrons. The fourth-order valence-corrected chi connectivity index (χ4v) is 2.38. The first-order valence-corrected chi connectivity index (χ1v) is 7.23. The summed E-state index contributed by atoms with van der Waals surface area (Å²) in [4.78, 5) is 11.2. The van der Waals surface area contributed by atoms with E-state index in [2.05, 4.69) is 42.8 Å². The van der Waals surface area contributed by atoms with Gasteiger partial charge < -0.3 is 4.74 Å². The zero-order chi connectivity index (χ0) is 14.8. The van der Waals surface area contributed by atoms with Crippen LogP contribution in [0.25, 0.3) is 0 Å². The maximum atomic E-state index is 11.2. The number of rotatable bonds is 3. The highest BCUT2D eigenvalue weighted by Gasteiger charge is 2.19. The molecule has 0 aromatic heterocycles. The molecule has 2 aromatic rings. The van der Waals surface area contributed by atoms with Gasteiger partial charge in [0.15, 0.2) is 6.29 Å². The highest BCUT2D eigenvalue weighted by molar-refractivity contribution is 9.10. The molecule has 104 valence electrons. The minimum Gasteiger partial charge on any atom is -0.456 e. The van der Waals surface area contributed by atoms with Gasteiger partial charge in [-0.2, -0.15) is 0 Å². The third-order valence-corrected chi connectivity index (χ3v) is 3.51. The molecular weight excluding hydrogens is 316 g/mol. The average molecular weight is 333 g/mol. The van der Waals surface area contributed by atoms with Crippen LogP contribution in [0.4, 0.5) is 0 Å². The minimum atomic E-state index is -0.0205. The molecule has 0 amide bonds. The number of hydrogen-bond acceptors (Lipinski definition) is 2. The standard InChI is InChI=1S/C17H17BrO2/c1-17(2,3)14-6-4-5-7-16(14)20-15-9-8-13(18)10-12(15)11-19/h4-11H,1-3H3. The number of ether oxygens (including phenoxy) is 1. The molecular formula is C17H17BrO2. The summed E-state index contributed by atoms with van der Waals surface area (Å²) in [7, 11) is 0. The zero-order valence-corrected chi connectivity index (χ0v) is 13.4. The Hall–Kier alpha value is -1.61. The van der Waals surface area contributed by atoms with E-state index in [4.69, 9.17) is 4.74 Å². The zero-order valence-electron chi connectivity index (χ0n) is 11.8. The second-order valence-electron chi connectivity index (χ2n) is 5.65. The van der Waals surface area contributed by atoms with E-state index in [9.17, 15) is 4.79 Å². The van der Waals surface area contributed by atoms with Crippen LogP contribution in [0, 0.1) is 0 Å². The molecule has 0 spiro atoms. The second kappa shape index (κ2) is 5.80. The monoisotopic (exact) mass is 332 g/mol. The van der Waals surface area contributed by atoms with Crippen LogP contribution in [0.2, 0.25) is 0 Å². The third kappa shape index (κ3) is 3.28. The molecule has 0 aliphatic carbocycles. The minimum absolute atomic E-state index is 0.0205. The largest absolute Gasteiger partial charge is 0.456 e. The molecule has 0 aliphatic rings. The topological polar surface area (TPSA) is 26.3 Å². The Labute approximate surface area is 127 Å². The van der Waals surface area contributed by atoms with Crippen molar-refractivity contribution in [3.63, 3.8) is 0 Å². The first kappa shape index (κ1) is 14.8. The average Bonchev–Trinajstić information content (AvgIpc) is 2.40. The van der Waals surface area contributed by atoms with Crippen LogP contribution in [0.3, 0.4) is 0 Å². The Bertz CT molecular complexity index is 627. The van der Waals surface area contributed by atoms with Gasteiger partial charge >= 0.3 is 0 Å². The Morgan fingerprint density at radius 3 is 2.40 bits per heavy atom. The van der Waals surface area contributed by atoms with Crippen molar-refractivity contribution in [3.8, 4) is 11.5 Å². The van der Waals surface area contributed by atoms with Crippen LogP contribution in [-0.2, 0) is 5.41 Å². The van der Waals surface area contributed by atoms with Crippen LogP contribution in [0.1, 0.15) is 36.7 Å². The summed E-state index contributed by atoms with van der Waals surface area (Å²) in [5.41, 5.74) is 1.62. The van der Waals surface area contributed by atoms with Crippen molar-refractivity contribution >= 4 is 22.2 Å². The summed E-state index contributed by atoms with van der Waals surface area (Å²) in [5, 5.41) is 0. The molecule has 0 saturated heterocycles. The quantitative estimate of drug-likeness (QED) is 0.708. The number of benzene rings is 2. The van der Waals surface area contributed by atoms with Gasteiger partial charge in [-0.25, -0.2) is 0 Å². The molecule has 0 aliphatic heterocycles. The van der Waals surface area contributed by atoms with Crippen molar-refractivity contribution in [2.45, 2.75) is 26.2 Å². The van der Waals surface area contributed by atoms with Crippen LogP contribution < -0.4 is 4.74 Å². The molecule has 0 fully saturated rings. The summed E-state index contributed by atoms with van der Waals surface area (Å²) in [6.45, 7) is 6.41. The van der Waals surface area contributed by atoms with Crippen molar-refractivity contribution < 1.29 is 9.53 Å². The summed E-state index contributed by atoms with van der Waals surface area (Å²) in [6.07, 6.45) is 0.805. The molecule has 2 rings (SSSR count). The second-order valence-corrected chi connectivity index (χ2v) is 6.56. The predicted octanol–water partition coefficient (Wildman–Crippen LogP) is 5.35. The van der Waals surface area contributed by atoms with Gasteiger partial charge in [0.1, 0.15) is 11.5 Å². The molecule has 0 heterocycles. The van der Waals surface area contributed by atoms with E-state index >= 15 is 0 Å². The van der Waals surface area contributed by atoms with E-state index in [1.54, 1.807) is 12.1 Å². The maximum Gasteiger partial charge on any atom is 0.153 e. The van der Waals surface area contributed by atoms with E-state index in [1.165, 1.54) is 0 Å². The SMILES string of the molecule is CC(C)(C)c1ccccc1Oc1ccc(Br)cc1C=O. The van der Waals surface area contributed by atoms with E-state index in [1.807, 2.05) is 24.3 Å². The lowest BCUT2D eigenvalue weighted by atomic mass is 9.86. The Morgan fingerprint density at radius 1 is 1.05 bits per heavy atom. The van der Waals surface area contributed by atoms with Crippen molar-refractivity contribution in [3.05, 3.63) is 58.1 Å². The Morgan fingerprint density at radius 2 is 1.75 bits per heavy atom. The molecule has 0 atom stereocenters. The smallest absolute Gasteiger partial charge is 0.153 e. The molecule has 3 heteroatoms. The molecule has 0 unspecified atom stereocenters. The summed E-state index contributed by atoms with van der Waals surface area (Å²) < 4.78 is 6.82. The Balaban J connectivity index is 2.43. The van der Waals surface area contributed by atoms with Crippen molar-refractivity contribution in [2.75, 3.05) is 0 Å². The summed E-state index contributed by atoms with van der Waals surface area (Å²) in [5.74, 6) is 1.35. The van der Waals surface area contributed by atoms with E-state index in [0.717, 1.165) is 22.1 Å². The third-order valence-electron chi connectivity index (χ3n) is 3.01. The van der Waals surface area contributed by atoms with Gasteiger partial charge in [-0.1, -0.05) is 54.9 Å². The lowest BCUT2D eigenvalue weighted by molar-refractivity contribution is 0.112. The number of carbonyl (C=O) groups is 1. The number of aldehydes is 1. The van der Waals surface area contributed by atoms with Crippen LogP contribution in [0.5, 0.6) is 11.5 Å². The lowest BCUT2D eigenvalue weighted by Crippen LogP contribution is -2.12. The summed E-state index contributed by atoms with van der Waals surface area (Å²) in [6, 6.07) is 13.3. The van der Waals surface area contributed by atoms with Crippen molar-refractivity contribution in [1.29, 1.82) is 0 Å². The van der Waals surface area contributed by atoms with Crippen LogP contribution in [0.15, 0.2) is 46.9 Å². The summed E-state index contributed by atoms with van der Waals surface area (Å²) >= 11 is 3.35. The number of halogens is 1. The van der Waals surface area contributed by atoms with Gasteiger partial charge in [-0.3, -0.25) is 4.79 Å². The van der Waals surface area contributed by atoms with Gasteiger partial charge in [0.05, 0.1) is 5.56 Å². The normalized spacial score (nSPS) is 11.2. The van der Waals surface area contributed by atoms with Gasteiger partial charge in [0.25, 0.3) is 0 Å². The van der Waals surface area contributed by atoms with Crippen molar-refractivity contribution in [2.24, 2.45) is 0 Å². The molecule has 0 N–H and O–H groups in total. The predicted molar refractivity (Wildman–Crippen MR) is 84.7 cm³/mol. The highest BCUT2D eigenvalue weighted by Crippen LogP contribution is 2.35. The van der Waals surface area contributed by atoms with Crippen molar-refractivity contribution in [1.82, 2.24) is 0 Å². The molecule has 0 bridgehead atoms. The number of para-hydroxylation sites is 1. The number of carbonyl (C=O) groups excluding carboxylic acids is 1. The molecule has 2 aromatic carbocycles. The fraction of sp³-hybridized carbons (Fsp3) is 0.235. The lowest BCUT2D eigenvalue weighted by Gasteiger charge is -2.22. The first-order chi connectivity index (χ1) is 9.41. The highest BCUT2D eigenvalue weighted by atomic mass is 79.9. The van der Waals surface area contributed by atoms with Gasteiger partial charge in [-0.15, -0.1) is 0 Å². The first-order valence-electron chi connectivity index (χ1n) is 6.44. The maximum absolute atomic E-state index is 11.2.